The zero-order valence-electron chi connectivity index (χ0n) is 10.4. The predicted molar refractivity (Wildman–Crippen MR) is 70.1 cm³/mol. The maximum Gasteiger partial charge on any atom is 0.251 e. The Morgan fingerprint density at radius 2 is 2.28 bits per heavy atom. The molecule has 0 fully saturated rings. The van der Waals surface area contributed by atoms with E-state index in [1.807, 2.05) is 18.2 Å². The molecule has 1 amide bonds. The van der Waals surface area contributed by atoms with Crippen molar-refractivity contribution < 1.29 is 9.53 Å². The summed E-state index contributed by atoms with van der Waals surface area (Å²) in [5.74, 6) is -0.0247. The van der Waals surface area contributed by atoms with Crippen molar-refractivity contribution in [2.75, 3.05) is 13.2 Å². The third-order valence-corrected chi connectivity index (χ3v) is 2.94. The molecule has 4 heteroatoms. The Labute approximate surface area is 107 Å². The van der Waals surface area contributed by atoms with Gasteiger partial charge in [-0.25, -0.2) is 0 Å². The van der Waals surface area contributed by atoms with Crippen molar-refractivity contribution in [2.24, 2.45) is 0 Å². The average Bonchev–Trinajstić information content (AvgIpc) is 2.85. The van der Waals surface area contributed by atoms with Crippen molar-refractivity contribution in [2.45, 2.75) is 19.5 Å². The first-order chi connectivity index (χ1) is 8.81. The molecule has 1 aliphatic rings. The summed E-state index contributed by atoms with van der Waals surface area (Å²) in [6, 6.07) is 5.86. The van der Waals surface area contributed by atoms with Crippen LogP contribution in [0.3, 0.4) is 0 Å². The van der Waals surface area contributed by atoms with Crippen LogP contribution in [0.4, 0.5) is 0 Å². The average molecular weight is 246 g/mol. The van der Waals surface area contributed by atoms with Gasteiger partial charge in [0.2, 0.25) is 0 Å². The van der Waals surface area contributed by atoms with E-state index in [0.29, 0.717) is 13.2 Å². The SMILES string of the molecule is C=COCCCNC(=O)c1ccc2c(c1)CNC2. The lowest BCUT2D eigenvalue weighted by Crippen LogP contribution is -2.25. The van der Waals surface area contributed by atoms with Crippen molar-refractivity contribution in [3.05, 3.63) is 47.7 Å². The minimum absolute atomic E-state index is 0.0247. The molecule has 0 bridgehead atoms. The molecule has 0 unspecified atom stereocenters. The zero-order valence-corrected chi connectivity index (χ0v) is 10.4. The van der Waals surface area contributed by atoms with Crippen molar-refractivity contribution in [3.8, 4) is 0 Å². The van der Waals surface area contributed by atoms with Gasteiger partial charge < -0.3 is 15.4 Å². The molecule has 0 aromatic heterocycles. The number of nitrogens with one attached hydrogen (secondary N) is 2. The highest BCUT2D eigenvalue weighted by Crippen LogP contribution is 2.16. The van der Waals surface area contributed by atoms with Crippen LogP contribution in [0, 0.1) is 0 Å². The van der Waals surface area contributed by atoms with Crippen molar-refractivity contribution in [1.29, 1.82) is 0 Å². The highest BCUT2D eigenvalue weighted by Gasteiger charge is 2.12. The monoisotopic (exact) mass is 246 g/mol. The van der Waals surface area contributed by atoms with Crippen LogP contribution in [0.15, 0.2) is 31.0 Å². The van der Waals surface area contributed by atoms with Crippen molar-refractivity contribution in [1.82, 2.24) is 10.6 Å². The molecule has 0 saturated heterocycles. The fourth-order valence-electron chi connectivity index (χ4n) is 1.98. The van der Waals surface area contributed by atoms with Gasteiger partial charge in [-0.1, -0.05) is 12.6 Å². The number of hydrogen-bond donors (Lipinski definition) is 2. The van der Waals surface area contributed by atoms with E-state index in [-0.39, 0.29) is 5.91 Å². The van der Waals surface area contributed by atoms with Gasteiger partial charge in [-0.3, -0.25) is 4.79 Å². The van der Waals surface area contributed by atoms with E-state index in [9.17, 15) is 4.79 Å². The normalized spacial score (nSPS) is 12.9. The van der Waals surface area contributed by atoms with E-state index in [1.54, 1.807) is 0 Å². The van der Waals surface area contributed by atoms with Gasteiger partial charge in [0.05, 0.1) is 12.9 Å². The molecular formula is C14H18N2O2. The van der Waals surface area contributed by atoms with Gasteiger partial charge in [0.15, 0.2) is 0 Å². The summed E-state index contributed by atoms with van der Waals surface area (Å²) in [6.07, 6.45) is 2.19. The van der Waals surface area contributed by atoms with E-state index in [2.05, 4.69) is 17.2 Å². The zero-order chi connectivity index (χ0) is 12.8. The Bertz CT molecular complexity index is 443. The molecule has 1 aliphatic heterocycles. The highest BCUT2D eigenvalue weighted by atomic mass is 16.5. The number of carbonyl (C=O) groups is 1. The van der Waals surface area contributed by atoms with E-state index < -0.39 is 0 Å². The number of benzene rings is 1. The lowest BCUT2D eigenvalue weighted by molar-refractivity contribution is 0.0950. The van der Waals surface area contributed by atoms with Crippen LogP contribution in [0.1, 0.15) is 27.9 Å². The second-order valence-corrected chi connectivity index (χ2v) is 4.23. The van der Waals surface area contributed by atoms with Crippen molar-refractivity contribution in [3.63, 3.8) is 0 Å². The summed E-state index contributed by atoms with van der Waals surface area (Å²) in [7, 11) is 0. The molecule has 0 spiro atoms. The smallest absolute Gasteiger partial charge is 0.251 e. The first-order valence-electron chi connectivity index (χ1n) is 6.14. The van der Waals surface area contributed by atoms with Gasteiger partial charge in [0.1, 0.15) is 0 Å². The molecule has 18 heavy (non-hydrogen) atoms. The number of hydrogen-bond acceptors (Lipinski definition) is 3. The Balaban J connectivity index is 1.83. The summed E-state index contributed by atoms with van der Waals surface area (Å²) in [6.45, 7) is 6.40. The number of carbonyl (C=O) groups excluding carboxylic acids is 1. The van der Waals surface area contributed by atoms with E-state index in [4.69, 9.17) is 4.74 Å². The number of fused-ring (bicyclic) bond motifs is 1. The van der Waals surface area contributed by atoms with Crippen LogP contribution in [-0.4, -0.2) is 19.1 Å². The quantitative estimate of drug-likeness (QED) is 0.591. The van der Waals surface area contributed by atoms with E-state index in [1.165, 1.54) is 17.4 Å². The van der Waals surface area contributed by atoms with Gasteiger partial charge >= 0.3 is 0 Å². The van der Waals surface area contributed by atoms with Gasteiger partial charge in [-0.05, 0) is 29.7 Å². The molecule has 2 rings (SSSR count). The van der Waals surface area contributed by atoms with E-state index >= 15 is 0 Å². The first kappa shape index (κ1) is 12.6. The molecule has 1 heterocycles. The van der Waals surface area contributed by atoms with Crippen molar-refractivity contribution >= 4 is 5.91 Å². The fourth-order valence-corrected chi connectivity index (χ4v) is 1.98. The fraction of sp³-hybridized carbons (Fsp3) is 0.357. The minimum Gasteiger partial charge on any atom is -0.502 e. The van der Waals surface area contributed by atoms with E-state index in [0.717, 1.165) is 25.1 Å². The number of amides is 1. The molecule has 4 nitrogen and oxygen atoms in total. The number of ether oxygens (including phenoxy) is 1. The molecule has 0 saturated carbocycles. The molecule has 1 aromatic rings. The maximum absolute atomic E-state index is 11.9. The Morgan fingerprint density at radius 3 is 3.11 bits per heavy atom. The Morgan fingerprint density at radius 1 is 1.44 bits per heavy atom. The second-order valence-electron chi connectivity index (χ2n) is 4.23. The number of rotatable bonds is 6. The standard InChI is InChI=1S/C14H18N2O2/c1-2-18-7-3-6-16-14(17)11-4-5-12-9-15-10-13(12)8-11/h2,4-5,8,15H,1,3,6-7,9-10H2,(H,16,17). The van der Waals surface area contributed by atoms with Crippen LogP contribution in [0.5, 0.6) is 0 Å². The Kier molecular flexibility index (Phi) is 4.36. The molecule has 0 atom stereocenters. The lowest BCUT2D eigenvalue weighted by atomic mass is 10.1. The molecular weight excluding hydrogens is 228 g/mol. The van der Waals surface area contributed by atoms with Crippen LogP contribution in [0.25, 0.3) is 0 Å². The summed E-state index contributed by atoms with van der Waals surface area (Å²) < 4.78 is 4.99. The molecule has 0 radical (unpaired) electrons. The maximum atomic E-state index is 11.9. The molecule has 0 aliphatic carbocycles. The molecule has 96 valence electrons. The highest BCUT2D eigenvalue weighted by molar-refractivity contribution is 5.94. The summed E-state index contributed by atoms with van der Waals surface area (Å²) >= 11 is 0. The summed E-state index contributed by atoms with van der Waals surface area (Å²) in [5.41, 5.74) is 3.23. The summed E-state index contributed by atoms with van der Waals surface area (Å²) in [4.78, 5) is 11.9. The molecule has 2 N–H and O–H groups in total. The van der Waals surface area contributed by atoms with Crippen LogP contribution in [-0.2, 0) is 17.8 Å². The van der Waals surface area contributed by atoms with Gasteiger partial charge in [-0.2, -0.15) is 0 Å². The van der Waals surface area contributed by atoms with Gasteiger partial charge in [0.25, 0.3) is 5.91 Å². The van der Waals surface area contributed by atoms with Gasteiger partial charge in [0, 0.05) is 25.2 Å². The Hall–Kier alpha value is -1.81. The predicted octanol–water partition coefficient (Wildman–Crippen LogP) is 1.57. The van der Waals surface area contributed by atoms with Crippen LogP contribution < -0.4 is 10.6 Å². The topological polar surface area (TPSA) is 50.4 Å². The van der Waals surface area contributed by atoms with Crippen LogP contribution >= 0.6 is 0 Å². The third kappa shape index (κ3) is 3.11. The first-order valence-corrected chi connectivity index (χ1v) is 6.14. The minimum atomic E-state index is -0.0247. The summed E-state index contributed by atoms with van der Waals surface area (Å²) in [5, 5.41) is 6.14. The third-order valence-electron chi connectivity index (χ3n) is 2.94. The van der Waals surface area contributed by atoms with Gasteiger partial charge in [-0.15, -0.1) is 0 Å². The second kappa shape index (κ2) is 6.21. The molecule has 1 aromatic carbocycles. The lowest BCUT2D eigenvalue weighted by Gasteiger charge is -2.06. The largest absolute Gasteiger partial charge is 0.502 e. The van der Waals surface area contributed by atoms with Crippen LogP contribution in [0.2, 0.25) is 0 Å².